The number of rotatable bonds is 5. The van der Waals surface area contributed by atoms with Gasteiger partial charge in [0, 0.05) is 45.5 Å². The molecule has 4 nitrogen and oxygen atoms in total. The third-order valence-electron chi connectivity index (χ3n) is 12.1. The molecule has 57 heavy (non-hydrogen) atoms. The summed E-state index contributed by atoms with van der Waals surface area (Å²) >= 11 is 0. The van der Waals surface area contributed by atoms with Gasteiger partial charge in [0.1, 0.15) is 5.65 Å². The van der Waals surface area contributed by atoms with Gasteiger partial charge in [0.05, 0.1) is 27.5 Å². The number of benzene rings is 7. The predicted molar refractivity (Wildman–Crippen MR) is 233 cm³/mol. The highest BCUT2D eigenvalue weighted by molar-refractivity contribution is 6.15. The van der Waals surface area contributed by atoms with Gasteiger partial charge in [-0.15, -0.1) is 0 Å². The third-order valence-corrected chi connectivity index (χ3v) is 12.1. The van der Waals surface area contributed by atoms with Crippen LogP contribution in [-0.2, 0) is 5.41 Å². The van der Waals surface area contributed by atoms with Gasteiger partial charge in [0.25, 0.3) is 0 Å². The lowest BCUT2D eigenvalue weighted by Gasteiger charge is -2.33. The van der Waals surface area contributed by atoms with Gasteiger partial charge in [-0.05, 0) is 93.5 Å². The van der Waals surface area contributed by atoms with Crippen LogP contribution in [0.5, 0.6) is 0 Å². The van der Waals surface area contributed by atoms with Gasteiger partial charge in [-0.3, -0.25) is 9.55 Å². The van der Waals surface area contributed by atoms with Crippen LogP contribution in [0.1, 0.15) is 22.3 Å². The Kier molecular flexibility index (Phi) is 6.81. The predicted octanol–water partition coefficient (Wildman–Crippen LogP) is 12.7. The van der Waals surface area contributed by atoms with E-state index in [2.05, 4.69) is 191 Å². The molecule has 7 aromatic carbocycles. The molecule has 0 fully saturated rings. The van der Waals surface area contributed by atoms with Crippen LogP contribution in [0, 0.1) is 0 Å². The zero-order valence-electron chi connectivity index (χ0n) is 30.9. The number of hydrogen-bond donors (Lipinski definition) is 0. The number of pyridine rings is 2. The first kappa shape index (κ1) is 31.8. The molecule has 0 saturated heterocycles. The summed E-state index contributed by atoms with van der Waals surface area (Å²) in [5, 5.41) is 3.50. The minimum atomic E-state index is -0.483. The van der Waals surface area contributed by atoms with Crippen molar-refractivity contribution in [1.29, 1.82) is 0 Å². The molecule has 1 aliphatic carbocycles. The molecule has 0 aliphatic heterocycles. The SMILES string of the molecule is c1ccc(C2(c3ccccc3)c3ccccc3-c3c2ccc2c4cccnc4n(-c4ccc(-c5ccc(-n6c7ccccc7c7ncccc76)cc5)cc4)c32)cc1. The Morgan fingerprint density at radius 3 is 1.70 bits per heavy atom. The molecule has 0 atom stereocenters. The van der Waals surface area contributed by atoms with Crippen LogP contribution < -0.4 is 0 Å². The van der Waals surface area contributed by atoms with E-state index in [0.29, 0.717) is 0 Å². The van der Waals surface area contributed by atoms with Crippen molar-refractivity contribution >= 4 is 43.9 Å². The summed E-state index contributed by atoms with van der Waals surface area (Å²) in [5.41, 5.74) is 17.1. The molecule has 0 bridgehead atoms. The molecule has 0 radical (unpaired) electrons. The van der Waals surface area contributed by atoms with E-state index in [1.54, 1.807) is 0 Å². The summed E-state index contributed by atoms with van der Waals surface area (Å²) in [7, 11) is 0. The fourth-order valence-corrected chi connectivity index (χ4v) is 9.77. The molecule has 0 N–H and O–H groups in total. The molecule has 12 rings (SSSR count). The molecular weight excluding hydrogens is 693 g/mol. The molecule has 0 amide bonds. The number of fused-ring (bicyclic) bond motifs is 10. The highest BCUT2D eigenvalue weighted by atomic mass is 15.0. The summed E-state index contributed by atoms with van der Waals surface area (Å²) in [6.07, 6.45) is 3.78. The molecule has 0 saturated carbocycles. The van der Waals surface area contributed by atoms with E-state index in [1.807, 2.05) is 24.5 Å². The monoisotopic (exact) mass is 726 g/mol. The Morgan fingerprint density at radius 2 is 0.965 bits per heavy atom. The van der Waals surface area contributed by atoms with Crippen LogP contribution in [0.2, 0.25) is 0 Å². The first-order chi connectivity index (χ1) is 28.3. The number of para-hydroxylation sites is 1. The first-order valence-corrected chi connectivity index (χ1v) is 19.5. The van der Waals surface area contributed by atoms with E-state index < -0.39 is 5.41 Å². The van der Waals surface area contributed by atoms with Crippen LogP contribution in [0.15, 0.2) is 207 Å². The Bertz CT molecular complexity index is 3230. The fraction of sp³-hybridized carbons (Fsp3) is 0.0189. The van der Waals surface area contributed by atoms with Crippen molar-refractivity contribution < 1.29 is 0 Å². The Hall–Kier alpha value is -7.56. The zero-order chi connectivity index (χ0) is 37.5. The van der Waals surface area contributed by atoms with Gasteiger partial charge in [-0.1, -0.05) is 140 Å². The smallest absolute Gasteiger partial charge is 0.145 e. The van der Waals surface area contributed by atoms with Crippen molar-refractivity contribution in [3.8, 4) is 33.6 Å². The van der Waals surface area contributed by atoms with Crippen LogP contribution in [0.25, 0.3) is 77.5 Å². The average molecular weight is 727 g/mol. The summed E-state index contributed by atoms with van der Waals surface area (Å²) in [6, 6.07) is 70.5. The topological polar surface area (TPSA) is 35.6 Å². The largest absolute Gasteiger partial charge is 0.308 e. The second-order valence-corrected chi connectivity index (χ2v) is 14.9. The summed E-state index contributed by atoms with van der Waals surface area (Å²) in [5.74, 6) is 0. The second kappa shape index (κ2) is 12.2. The van der Waals surface area contributed by atoms with Crippen LogP contribution in [-0.4, -0.2) is 19.1 Å². The highest BCUT2D eigenvalue weighted by Gasteiger charge is 2.47. The lowest BCUT2D eigenvalue weighted by molar-refractivity contribution is 0.769. The Labute approximate surface area is 329 Å². The van der Waals surface area contributed by atoms with Gasteiger partial charge in [0.2, 0.25) is 0 Å². The van der Waals surface area contributed by atoms with Gasteiger partial charge in [0.15, 0.2) is 0 Å². The average Bonchev–Trinajstić information content (AvgIpc) is 3.92. The van der Waals surface area contributed by atoms with E-state index in [0.717, 1.165) is 55.5 Å². The minimum absolute atomic E-state index is 0.483. The van der Waals surface area contributed by atoms with Gasteiger partial charge in [-0.25, -0.2) is 4.98 Å². The zero-order valence-corrected chi connectivity index (χ0v) is 30.9. The maximum atomic E-state index is 5.04. The quantitative estimate of drug-likeness (QED) is 0.177. The van der Waals surface area contributed by atoms with Crippen molar-refractivity contribution in [3.63, 3.8) is 0 Å². The molecule has 11 aromatic rings. The molecule has 1 aliphatic rings. The highest BCUT2D eigenvalue weighted by Crippen LogP contribution is 2.58. The maximum absolute atomic E-state index is 5.04. The summed E-state index contributed by atoms with van der Waals surface area (Å²) in [4.78, 5) is 9.77. The second-order valence-electron chi connectivity index (χ2n) is 14.9. The molecule has 0 spiro atoms. The summed E-state index contributed by atoms with van der Waals surface area (Å²) in [6.45, 7) is 0. The number of aromatic nitrogens is 4. The molecular formula is C53H34N4. The van der Waals surface area contributed by atoms with Crippen LogP contribution in [0.3, 0.4) is 0 Å². The van der Waals surface area contributed by atoms with Crippen LogP contribution >= 0.6 is 0 Å². The third kappa shape index (κ3) is 4.44. The van der Waals surface area contributed by atoms with E-state index in [1.165, 1.54) is 44.3 Å². The minimum Gasteiger partial charge on any atom is -0.308 e. The van der Waals surface area contributed by atoms with Crippen molar-refractivity contribution in [2.45, 2.75) is 5.41 Å². The van der Waals surface area contributed by atoms with E-state index in [9.17, 15) is 0 Å². The number of hydrogen-bond acceptors (Lipinski definition) is 2. The molecule has 266 valence electrons. The molecule has 4 aromatic heterocycles. The van der Waals surface area contributed by atoms with Crippen molar-refractivity contribution in [2.24, 2.45) is 0 Å². The lowest BCUT2D eigenvalue weighted by Crippen LogP contribution is -2.28. The fourth-order valence-electron chi connectivity index (χ4n) is 9.77. The molecule has 4 heteroatoms. The lowest BCUT2D eigenvalue weighted by atomic mass is 9.67. The molecule has 4 heterocycles. The van der Waals surface area contributed by atoms with E-state index in [-0.39, 0.29) is 0 Å². The van der Waals surface area contributed by atoms with Crippen molar-refractivity contribution in [2.75, 3.05) is 0 Å². The van der Waals surface area contributed by atoms with Crippen LogP contribution in [0.4, 0.5) is 0 Å². The molecule has 0 unspecified atom stereocenters. The standard InChI is InChI=1S/C53H34N4/c1-3-13-37(14-4-1)53(38-15-5-2-6-16-38)45-20-9-7-17-43(45)49-46(53)32-31-41-42-19-11-34-55-52(42)57(51(41)49)40-29-25-36(26-30-40)35-23-27-39(28-24-35)56-47-21-10-8-18-44(47)50-48(56)22-12-33-54-50/h1-34H. The van der Waals surface area contributed by atoms with Gasteiger partial charge < -0.3 is 4.57 Å². The van der Waals surface area contributed by atoms with Crippen molar-refractivity contribution in [1.82, 2.24) is 19.1 Å². The van der Waals surface area contributed by atoms with E-state index >= 15 is 0 Å². The summed E-state index contributed by atoms with van der Waals surface area (Å²) < 4.78 is 4.69. The number of nitrogens with zero attached hydrogens (tertiary/aromatic N) is 4. The van der Waals surface area contributed by atoms with Gasteiger partial charge in [-0.2, -0.15) is 0 Å². The maximum Gasteiger partial charge on any atom is 0.145 e. The normalized spacial score (nSPS) is 13.1. The Morgan fingerprint density at radius 1 is 0.386 bits per heavy atom. The van der Waals surface area contributed by atoms with Crippen molar-refractivity contribution in [3.05, 3.63) is 229 Å². The van der Waals surface area contributed by atoms with Gasteiger partial charge >= 0.3 is 0 Å². The Balaban J connectivity index is 1.03. The first-order valence-electron chi connectivity index (χ1n) is 19.5. The van der Waals surface area contributed by atoms with E-state index in [4.69, 9.17) is 9.97 Å².